The molecular weight excluding hydrogens is 557 g/mol. The summed E-state index contributed by atoms with van der Waals surface area (Å²) in [6.07, 6.45) is 0.487. The molecular formula is C33H35F3N4O3. The van der Waals surface area contributed by atoms with Crippen molar-refractivity contribution in [2.75, 3.05) is 38.7 Å². The number of benzene rings is 3. The van der Waals surface area contributed by atoms with Crippen molar-refractivity contribution in [1.29, 1.82) is 0 Å². The van der Waals surface area contributed by atoms with Crippen molar-refractivity contribution in [3.8, 4) is 22.8 Å². The Kier molecular flexibility index (Phi) is 9.45. The van der Waals surface area contributed by atoms with Crippen molar-refractivity contribution in [2.45, 2.75) is 38.8 Å². The van der Waals surface area contributed by atoms with Crippen molar-refractivity contribution in [3.05, 3.63) is 78.1 Å². The van der Waals surface area contributed by atoms with Crippen molar-refractivity contribution >= 4 is 22.5 Å². The second-order valence-electron chi connectivity index (χ2n) is 11.0. The van der Waals surface area contributed by atoms with Crippen LogP contribution in [0.15, 0.2) is 67.0 Å². The third-order valence-electron chi connectivity index (χ3n) is 7.76. The van der Waals surface area contributed by atoms with E-state index in [1.807, 2.05) is 24.3 Å². The molecule has 1 fully saturated rings. The van der Waals surface area contributed by atoms with Gasteiger partial charge in [0.05, 0.1) is 36.9 Å². The highest BCUT2D eigenvalue weighted by Crippen LogP contribution is 2.36. The molecule has 0 aliphatic carbocycles. The lowest BCUT2D eigenvalue weighted by molar-refractivity contribution is -0.137. The Balaban J connectivity index is 1.22. The van der Waals surface area contributed by atoms with Gasteiger partial charge in [-0.15, -0.1) is 0 Å². The molecule has 1 aromatic heterocycles. The minimum absolute atomic E-state index is 0.0435. The summed E-state index contributed by atoms with van der Waals surface area (Å²) >= 11 is 0. The molecule has 4 aromatic rings. The van der Waals surface area contributed by atoms with E-state index in [2.05, 4.69) is 27.1 Å². The van der Waals surface area contributed by atoms with Gasteiger partial charge in [0.15, 0.2) is 11.5 Å². The molecule has 43 heavy (non-hydrogen) atoms. The van der Waals surface area contributed by atoms with E-state index in [0.717, 1.165) is 60.6 Å². The molecule has 1 aliphatic rings. The summed E-state index contributed by atoms with van der Waals surface area (Å²) in [5.41, 5.74) is 2.55. The molecule has 2 heterocycles. The van der Waals surface area contributed by atoms with Gasteiger partial charge in [0, 0.05) is 29.2 Å². The van der Waals surface area contributed by atoms with E-state index < -0.39 is 11.7 Å². The Bertz CT molecular complexity index is 1530. The molecule has 1 saturated heterocycles. The van der Waals surface area contributed by atoms with Crippen LogP contribution in [0.5, 0.6) is 11.5 Å². The first-order valence-corrected chi connectivity index (χ1v) is 14.4. The number of amides is 1. The van der Waals surface area contributed by atoms with Crippen LogP contribution in [-0.4, -0.2) is 54.1 Å². The lowest BCUT2D eigenvalue weighted by Crippen LogP contribution is -2.34. The van der Waals surface area contributed by atoms with E-state index in [1.54, 1.807) is 19.2 Å². The molecule has 7 nitrogen and oxygen atoms in total. The van der Waals surface area contributed by atoms with Crippen molar-refractivity contribution in [1.82, 2.24) is 14.9 Å². The van der Waals surface area contributed by atoms with Gasteiger partial charge in [-0.2, -0.15) is 13.2 Å². The molecule has 0 radical (unpaired) electrons. The van der Waals surface area contributed by atoms with Crippen LogP contribution in [0.25, 0.3) is 22.2 Å². The second-order valence-corrected chi connectivity index (χ2v) is 11.0. The van der Waals surface area contributed by atoms with E-state index in [4.69, 9.17) is 9.47 Å². The van der Waals surface area contributed by atoms with Crippen LogP contribution in [0.1, 0.15) is 37.3 Å². The summed E-state index contributed by atoms with van der Waals surface area (Å²) in [6.45, 7) is 6.21. The molecule has 0 atom stereocenters. The zero-order valence-electron chi connectivity index (χ0n) is 24.3. The topological polar surface area (TPSA) is 76.6 Å². The van der Waals surface area contributed by atoms with Crippen LogP contribution in [0.3, 0.4) is 0 Å². The Morgan fingerprint density at radius 1 is 1.00 bits per heavy atom. The lowest BCUT2D eigenvalue weighted by atomic mass is 9.99. The number of aromatic nitrogens is 2. The van der Waals surface area contributed by atoms with E-state index >= 15 is 0 Å². The van der Waals surface area contributed by atoms with Gasteiger partial charge >= 0.3 is 6.18 Å². The number of fused-ring (bicyclic) bond motifs is 1. The first-order valence-electron chi connectivity index (χ1n) is 14.4. The van der Waals surface area contributed by atoms with Crippen LogP contribution >= 0.6 is 0 Å². The number of carbonyl (C=O) groups is 1. The highest BCUT2D eigenvalue weighted by atomic mass is 19.4. The Labute approximate surface area is 249 Å². The van der Waals surface area contributed by atoms with Crippen molar-refractivity contribution in [3.63, 3.8) is 0 Å². The number of alkyl halides is 3. The number of hydrogen-bond donors (Lipinski definition) is 1. The Morgan fingerprint density at radius 3 is 2.40 bits per heavy atom. The van der Waals surface area contributed by atoms with E-state index in [9.17, 15) is 18.0 Å². The highest BCUT2D eigenvalue weighted by Gasteiger charge is 2.30. The number of nitrogens with one attached hydrogen (secondary N) is 1. The van der Waals surface area contributed by atoms with Crippen LogP contribution in [0, 0.1) is 5.92 Å². The Hall–Kier alpha value is -4.18. The van der Waals surface area contributed by atoms with Gasteiger partial charge in [0.1, 0.15) is 6.33 Å². The first-order chi connectivity index (χ1) is 20.7. The SMILES string of the molecule is COc1cc2c(-c3ccc(NC(=O)Cc4ccc(C(F)(F)F)cc4)cc3)ncnc2cc1OCCCN1CCC(C)CC1. The van der Waals surface area contributed by atoms with Crippen molar-refractivity contribution < 1.29 is 27.4 Å². The maximum Gasteiger partial charge on any atom is 0.416 e. The zero-order chi connectivity index (χ0) is 30.4. The lowest BCUT2D eigenvalue weighted by Gasteiger charge is -2.30. The number of hydrogen-bond acceptors (Lipinski definition) is 6. The van der Waals surface area contributed by atoms with Crippen LogP contribution < -0.4 is 14.8 Å². The predicted molar refractivity (Wildman–Crippen MR) is 160 cm³/mol. The fraction of sp³-hybridized carbons (Fsp3) is 0.364. The summed E-state index contributed by atoms with van der Waals surface area (Å²) in [6, 6.07) is 15.5. The third-order valence-corrected chi connectivity index (χ3v) is 7.76. The predicted octanol–water partition coefficient (Wildman–Crippen LogP) is 7.01. The number of halogens is 3. The minimum atomic E-state index is -4.41. The van der Waals surface area contributed by atoms with Gasteiger partial charge in [-0.1, -0.05) is 31.2 Å². The van der Waals surface area contributed by atoms with Gasteiger partial charge in [0.2, 0.25) is 5.91 Å². The third kappa shape index (κ3) is 7.81. The average Bonchev–Trinajstić information content (AvgIpc) is 2.99. The molecule has 1 amide bonds. The number of piperidine rings is 1. The normalized spacial score (nSPS) is 14.5. The van der Waals surface area contributed by atoms with Gasteiger partial charge in [0.25, 0.3) is 0 Å². The smallest absolute Gasteiger partial charge is 0.416 e. The highest BCUT2D eigenvalue weighted by molar-refractivity contribution is 5.95. The number of rotatable bonds is 10. The summed E-state index contributed by atoms with van der Waals surface area (Å²) in [7, 11) is 1.61. The van der Waals surface area contributed by atoms with Crippen LogP contribution in [0.2, 0.25) is 0 Å². The number of nitrogens with zero attached hydrogens (tertiary/aromatic N) is 3. The largest absolute Gasteiger partial charge is 0.493 e. The first kappa shape index (κ1) is 30.3. The maximum absolute atomic E-state index is 12.8. The van der Waals surface area contributed by atoms with E-state index in [0.29, 0.717) is 35.1 Å². The molecule has 0 spiro atoms. The van der Waals surface area contributed by atoms with Gasteiger partial charge in [-0.25, -0.2) is 9.97 Å². The number of likely N-dealkylation sites (tertiary alicyclic amines) is 1. The fourth-order valence-corrected chi connectivity index (χ4v) is 5.24. The van der Waals surface area contributed by atoms with Gasteiger partial charge in [-0.05, 0) is 74.2 Å². The van der Waals surface area contributed by atoms with E-state index in [-0.39, 0.29) is 12.3 Å². The molecule has 3 aromatic carbocycles. The molecule has 1 aliphatic heterocycles. The number of carbonyl (C=O) groups excluding carboxylic acids is 1. The number of ether oxygens (including phenoxy) is 2. The standard InChI is InChI=1S/C33H35F3N4O3/c1-22-12-15-40(16-13-22)14-3-17-43-30-20-28-27(19-29(30)42-2)32(38-21-37-28)24-6-10-26(11-7-24)39-31(41)18-23-4-8-25(9-5-23)33(34,35)36/h4-11,19-22H,3,12-18H2,1-2H3,(H,39,41). The van der Waals surface area contributed by atoms with Gasteiger partial charge in [-0.3, -0.25) is 4.79 Å². The van der Waals surface area contributed by atoms with Gasteiger partial charge < -0.3 is 19.7 Å². The average molecular weight is 593 g/mol. The quantitative estimate of drug-likeness (QED) is 0.200. The summed E-state index contributed by atoms with van der Waals surface area (Å²) in [4.78, 5) is 24.0. The molecule has 0 bridgehead atoms. The molecule has 226 valence electrons. The van der Waals surface area contributed by atoms with Crippen molar-refractivity contribution in [2.24, 2.45) is 5.92 Å². The zero-order valence-corrected chi connectivity index (χ0v) is 24.3. The maximum atomic E-state index is 12.8. The molecule has 10 heteroatoms. The fourth-order valence-electron chi connectivity index (χ4n) is 5.24. The molecule has 0 unspecified atom stereocenters. The van der Waals surface area contributed by atoms with Crippen LogP contribution in [0.4, 0.5) is 18.9 Å². The van der Waals surface area contributed by atoms with Crippen LogP contribution in [-0.2, 0) is 17.4 Å². The molecule has 1 N–H and O–H groups in total. The summed E-state index contributed by atoms with van der Waals surface area (Å²) in [5, 5.41) is 3.59. The summed E-state index contributed by atoms with van der Waals surface area (Å²) < 4.78 is 50.1. The number of methoxy groups -OCH3 is 1. The van der Waals surface area contributed by atoms with E-state index in [1.165, 1.54) is 31.3 Å². The molecule has 5 rings (SSSR count). The second kappa shape index (κ2) is 13.4. The minimum Gasteiger partial charge on any atom is -0.493 e. The Morgan fingerprint density at radius 2 is 1.72 bits per heavy atom. The molecule has 0 saturated carbocycles. The monoisotopic (exact) mass is 592 g/mol. The summed E-state index contributed by atoms with van der Waals surface area (Å²) in [5.74, 6) is 1.72. The number of anilines is 1.